The third kappa shape index (κ3) is 3.77. The van der Waals surface area contributed by atoms with Crippen LogP contribution in [-0.2, 0) is 16.7 Å². The van der Waals surface area contributed by atoms with Crippen molar-refractivity contribution in [2.75, 3.05) is 55.7 Å². The lowest BCUT2D eigenvalue weighted by Gasteiger charge is -2.45. The molecule has 0 bridgehead atoms. The molecule has 3 aromatic carbocycles. The summed E-state index contributed by atoms with van der Waals surface area (Å²) in [5.41, 5.74) is 8.09. The predicted molar refractivity (Wildman–Crippen MR) is 140 cm³/mol. The van der Waals surface area contributed by atoms with Gasteiger partial charge in [0.1, 0.15) is 5.82 Å². The number of primary amides is 1. The number of amides is 1. The van der Waals surface area contributed by atoms with Crippen LogP contribution in [0.2, 0.25) is 5.02 Å². The van der Waals surface area contributed by atoms with E-state index in [1.54, 1.807) is 6.07 Å². The molecule has 1 unspecified atom stereocenters. The Morgan fingerprint density at radius 2 is 1.78 bits per heavy atom. The monoisotopic (exact) mass is 524 g/mol. The zero-order valence-corrected chi connectivity index (χ0v) is 21.0. The summed E-state index contributed by atoms with van der Waals surface area (Å²) in [7, 11) is 0. The first-order chi connectivity index (χ1) is 17.9. The van der Waals surface area contributed by atoms with Gasteiger partial charge in [-0.2, -0.15) is 0 Å². The molecule has 6 rings (SSSR count). The normalized spacial score (nSPS) is 21.1. The molecule has 6 nitrogen and oxygen atoms in total. The van der Waals surface area contributed by atoms with Gasteiger partial charge < -0.3 is 25.6 Å². The number of fused-ring (bicyclic) bond motifs is 3. The Bertz CT molecular complexity index is 1380. The molecule has 0 aromatic heterocycles. The number of rotatable bonds is 4. The van der Waals surface area contributed by atoms with Crippen LogP contribution in [0.5, 0.6) is 0 Å². The van der Waals surface area contributed by atoms with Crippen molar-refractivity contribution in [3.8, 4) is 11.1 Å². The van der Waals surface area contributed by atoms with Gasteiger partial charge in [-0.15, -0.1) is 0 Å². The number of nitrogens with one attached hydrogen (secondary N) is 1. The topological polar surface area (TPSA) is 70.8 Å². The number of hydrogen-bond acceptors (Lipinski definition) is 5. The molecule has 0 saturated carbocycles. The predicted octanol–water partition coefficient (Wildman–Crippen LogP) is 4.08. The minimum absolute atomic E-state index is 0.0269. The molecule has 2 fully saturated rings. The third-order valence-electron chi connectivity index (χ3n) is 7.81. The van der Waals surface area contributed by atoms with Crippen LogP contribution in [0.25, 0.3) is 11.1 Å². The van der Waals surface area contributed by atoms with Crippen molar-refractivity contribution in [3.63, 3.8) is 0 Å². The molecule has 0 radical (unpaired) electrons. The number of hydrogen-bond donors (Lipinski definition) is 2. The van der Waals surface area contributed by atoms with E-state index in [4.69, 9.17) is 22.1 Å². The highest BCUT2D eigenvalue weighted by Crippen LogP contribution is 2.52. The number of nitrogens with two attached hydrogens (primary N) is 1. The van der Waals surface area contributed by atoms with Crippen molar-refractivity contribution < 1.29 is 18.3 Å². The fraction of sp³-hybridized carbons (Fsp3) is 0.321. The largest absolute Gasteiger partial charge is 0.378 e. The van der Waals surface area contributed by atoms with E-state index in [2.05, 4.69) is 22.3 Å². The molecule has 3 heterocycles. The maximum atomic E-state index is 16.4. The van der Waals surface area contributed by atoms with Gasteiger partial charge in [0.25, 0.3) is 0 Å². The maximum absolute atomic E-state index is 16.4. The van der Waals surface area contributed by atoms with Gasteiger partial charge in [0.2, 0.25) is 5.91 Å². The fourth-order valence-corrected chi connectivity index (χ4v) is 6.36. The van der Waals surface area contributed by atoms with E-state index in [0.29, 0.717) is 62.8 Å². The number of morpholine rings is 1. The molecular formula is C28H27ClF2N4O2. The van der Waals surface area contributed by atoms with Crippen LogP contribution in [0, 0.1) is 11.6 Å². The van der Waals surface area contributed by atoms with Crippen molar-refractivity contribution in [2.24, 2.45) is 5.73 Å². The second-order valence-corrected chi connectivity index (χ2v) is 10.1. The molecule has 3 aliphatic rings. The number of piperazine rings is 1. The molecule has 2 saturated heterocycles. The van der Waals surface area contributed by atoms with E-state index >= 15 is 8.78 Å². The van der Waals surface area contributed by atoms with E-state index in [1.165, 1.54) is 12.1 Å². The number of carbonyl (C=O) groups is 1. The third-order valence-corrected chi connectivity index (χ3v) is 8.18. The molecular weight excluding hydrogens is 498 g/mol. The van der Waals surface area contributed by atoms with Crippen LogP contribution in [0.4, 0.5) is 20.2 Å². The smallest absolute Gasteiger partial charge is 0.249 e. The van der Waals surface area contributed by atoms with E-state index in [9.17, 15) is 4.79 Å². The average molecular weight is 525 g/mol. The van der Waals surface area contributed by atoms with Crippen LogP contribution in [0.3, 0.4) is 0 Å². The SMILES string of the molecule is NC(=O)c1ccc(N2CCOCC2)c(F)c1-c1c(Cl)c(F)cc2c1CC1(c3ccccc3)CNCCN21. The number of nitrogens with zero attached hydrogens (tertiary/aromatic N) is 2. The molecule has 3 aromatic rings. The highest BCUT2D eigenvalue weighted by atomic mass is 35.5. The second-order valence-electron chi connectivity index (χ2n) is 9.73. The van der Waals surface area contributed by atoms with Crippen LogP contribution < -0.4 is 20.9 Å². The van der Waals surface area contributed by atoms with E-state index in [-0.39, 0.29) is 21.7 Å². The Kier molecular flexibility index (Phi) is 6.06. The van der Waals surface area contributed by atoms with Gasteiger partial charge >= 0.3 is 0 Å². The van der Waals surface area contributed by atoms with Gasteiger partial charge in [0, 0.05) is 56.0 Å². The number of anilines is 2. The molecule has 1 amide bonds. The molecule has 3 aliphatic heterocycles. The summed E-state index contributed by atoms with van der Waals surface area (Å²) in [6.45, 7) is 3.91. The molecule has 37 heavy (non-hydrogen) atoms. The lowest BCUT2D eigenvalue weighted by molar-refractivity contribution is 0.100. The highest BCUT2D eigenvalue weighted by molar-refractivity contribution is 6.34. The van der Waals surface area contributed by atoms with Crippen molar-refractivity contribution in [1.29, 1.82) is 0 Å². The van der Waals surface area contributed by atoms with Gasteiger partial charge in [-0.05, 0) is 29.3 Å². The Morgan fingerprint density at radius 3 is 2.51 bits per heavy atom. The molecule has 0 spiro atoms. The first-order valence-corrected chi connectivity index (χ1v) is 12.8. The van der Waals surface area contributed by atoms with Crippen molar-refractivity contribution >= 4 is 28.9 Å². The molecule has 192 valence electrons. The lowest BCUT2D eigenvalue weighted by atomic mass is 9.82. The first kappa shape index (κ1) is 24.2. The Morgan fingerprint density at radius 1 is 1.03 bits per heavy atom. The Labute approximate surface area is 218 Å². The highest BCUT2D eigenvalue weighted by Gasteiger charge is 2.48. The minimum atomic E-state index is -0.799. The molecule has 9 heteroatoms. The van der Waals surface area contributed by atoms with E-state index in [0.717, 1.165) is 12.1 Å². The summed E-state index contributed by atoms with van der Waals surface area (Å²) in [5.74, 6) is -2.10. The summed E-state index contributed by atoms with van der Waals surface area (Å²) in [5, 5.41) is 3.26. The molecule has 1 atom stereocenters. The quantitative estimate of drug-likeness (QED) is 0.538. The van der Waals surface area contributed by atoms with E-state index in [1.807, 2.05) is 23.1 Å². The van der Waals surface area contributed by atoms with Gasteiger partial charge in [0.05, 0.1) is 35.0 Å². The van der Waals surface area contributed by atoms with Crippen LogP contribution >= 0.6 is 11.6 Å². The van der Waals surface area contributed by atoms with Crippen LogP contribution in [0.1, 0.15) is 21.5 Å². The van der Waals surface area contributed by atoms with Crippen LogP contribution in [0.15, 0.2) is 48.5 Å². The van der Waals surface area contributed by atoms with Crippen molar-refractivity contribution in [3.05, 3.63) is 81.9 Å². The number of benzene rings is 3. The van der Waals surface area contributed by atoms with Crippen molar-refractivity contribution in [1.82, 2.24) is 5.32 Å². The second kappa shape index (κ2) is 9.28. The first-order valence-electron chi connectivity index (χ1n) is 12.4. The van der Waals surface area contributed by atoms with Gasteiger partial charge in [0.15, 0.2) is 5.82 Å². The average Bonchev–Trinajstić information content (AvgIpc) is 3.25. The standard InChI is InChI=1S/C28H27ClF2N4O2/c29-25-20(30)14-22-19(15-28(16-33-8-9-35(22)28)17-4-2-1-3-5-17)23(25)24-18(27(32)36)6-7-21(26(24)31)34-10-12-37-13-11-34/h1-7,14,33H,8-13,15-16H2,(H2,32,36). The molecule has 3 N–H and O–H groups in total. The summed E-state index contributed by atoms with van der Waals surface area (Å²) in [6, 6.07) is 14.5. The summed E-state index contributed by atoms with van der Waals surface area (Å²) < 4.78 is 37.3. The maximum Gasteiger partial charge on any atom is 0.249 e. The fourth-order valence-electron chi connectivity index (χ4n) is 6.10. The number of halogens is 3. The molecule has 0 aliphatic carbocycles. The Hall–Kier alpha value is -3.20. The summed E-state index contributed by atoms with van der Waals surface area (Å²) >= 11 is 6.63. The minimum Gasteiger partial charge on any atom is -0.378 e. The van der Waals surface area contributed by atoms with Crippen LogP contribution in [-0.4, -0.2) is 51.8 Å². The Balaban J connectivity index is 1.60. The van der Waals surface area contributed by atoms with Gasteiger partial charge in [-0.1, -0.05) is 41.9 Å². The van der Waals surface area contributed by atoms with Crippen molar-refractivity contribution in [2.45, 2.75) is 12.0 Å². The number of ether oxygens (including phenoxy) is 1. The van der Waals surface area contributed by atoms with Gasteiger partial charge in [-0.25, -0.2) is 8.78 Å². The van der Waals surface area contributed by atoms with E-state index < -0.39 is 23.1 Å². The lowest BCUT2D eigenvalue weighted by Crippen LogP contribution is -2.57. The zero-order valence-electron chi connectivity index (χ0n) is 20.2. The summed E-state index contributed by atoms with van der Waals surface area (Å²) in [4.78, 5) is 16.6. The zero-order chi connectivity index (χ0) is 25.7. The van der Waals surface area contributed by atoms with Gasteiger partial charge in [-0.3, -0.25) is 4.79 Å². The summed E-state index contributed by atoms with van der Waals surface area (Å²) in [6.07, 6.45) is 0.466. The number of carbonyl (C=O) groups excluding carboxylic acids is 1.